The first kappa shape index (κ1) is 22.3. The minimum atomic E-state index is -0.855. The van der Waals surface area contributed by atoms with E-state index in [0.717, 1.165) is 16.7 Å². The van der Waals surface area contributed by atoms with Gasteiger partial charge >= 0.3 is 0 Å². The average Bonchev–Trinajstić information content (AvgIpc) is 3.58. The van der Waals surface area contributed by atoms with Crippen molar-refractivity contribution in [1.82, 2.24) is 10.2 Å². The van der Waals surface area contributed by atoms with Crippen LogP contribution in [0.15, 0.2) is 66.0 Å². The van der Waals surface area contributed by atoms with Gasteiger partial charge in [0.2, 0.25) is 5.91 Å². The molecule has 2 N–H and O–H groups in total. The number of nitrogens with one attached hydrogen (secondary N) is 1. The fourth-order valence-corrected chi connectivity index (χ4v) is 5.40. The molecule has 7 nitrogen and oxygen atoms in total. The highest BCUT2D eigenvalue weighted by molar-refractivity contribution is 7.12. The Labute approximate surface area is 201 Å². The molecule has 0 saturated carbocycles. The summed E-state index contributed by atoms with van der Waals surface area (Å²) >= 11 is 1.32. The van der Waals surface area contributed by atoms with Crippen LogP contribution in [0.1, 0.15) is 21.7 Å². The van der Waals surface area contributed by atoms with Crippen LogP contribution in [0.5, 0.6) is 5.75 Å². The maximum atomic E-state index is 13.6. The van der Waals surface area contributed by atoms with Gasteiger partial charge < -0.3 is 20.1 Å². The van der Waals surface area contributed by atoms with E-state index in [1.165, 1.54) is 11.3 Å². The van der Waals surface area contributed by atoms with Crippen molar-refractivity contribution in [2.24, 2.45) is 0 Å². The molecule has 8 heteroatoms. The van der Waals surface area contributed by atoms with Gasteiger partial charge in [-0.05, 0) is 46.7 Å². The molecule has 3 aromatic rings. The molecular weight excluding hydrogens is 452 g/mol. The van der Waals surface area contributed by atoms with E-state index in [2.05, 4.69) is 5.32 Å². The van der Waals surface area contributed by atoms with E-state index < -0.39 is 12.1 Å². The summed E-state index contributed by atoms with van der Waals surface area (Å²) in [6.45, 7) is 0.435. The van der Waals surface area contributed by atoms with E-state index in [4.69, 9.17) is 4.74 Å². The molecule has 2 aromatic carbocycles. The van der Waals surface area contributed by atoms with Crippen LogP contribution in [0.3, 0.4) is 0 Å². The summed E-state index contributed by atoms with van der Waals surface area (Å²) in [4.78, 5) is 41.1. The predicted octanol–water partition coefficient (Wildman–Crippen LogP) is 3.03. The van der Waals surface area contributed by atoms with E-state index in [1.807, 2.05) is 41.8 Å². The number of rotatable bonds is 6. The van der Waals surface area contributed by atoms with Gasteiger partial charge in [0.1, 0.15) is 24.4 Å². The van der Waals surface area contributed by atoms with Gasteiger partial charge in [-0.25, -0.2) is 0 Å². The number of ketones is 1. The maximum absolute atomic E-state index is 13.6. The van der Waals surface area contributed by atoms with Crippen LogP contribution in [-0.2, 0) is 20.7 Å². The van der Waals surface area contributed by atoms with Crippen LogP contribution in [0.4, 0.5) is 0 Å². The normalized spacial score (nSPS) is 20.2. The van der Waals surface area contributed by atoms with Crippen molar-refractivity contribution in [2.75, 3.05) is 13.2 Å². The summed E-state index contributed by atoms with van der Waals surface area (Å²) in [7, 11) is 0. The number of thiophene rings is 1. The van der Waals surface area contributed by atoms with Gasteiger partial charge in [-0.3, -0.25) is 14.4 Å². The highest BCUT2D eigenvalue weighted by atomic mass is 32.1. The molecule has 2 fully saturated rings. The van der Waals surface area contributed by atoms with Crippen LogP contribution in [0.25, 0.3) is 11.1 Å². The molecule has 2 amide bonds. The zero-order valence-corrected chi connectivity index (χ0v) is 19.2. The molecule has 1 aromatic heterocycles. The molecule has 174 valence electrons. The number of hydrogen-bond donors (Lipinski definition) is 2. The number of aromatic hydroxyl groups is 1. The predicted molar refractivity (Wildman–Crippen MR) is 128 cm³/mol. The Morgan fingerprint density at radius 3 is 2.65 bits per heavy atom. The van der Waals surface area contributed by atoms with Gasteiger partial charge in [0.15, 0.2) is 5.78 Å². The number of hydrogen-bond acceptors (Lipinski definition) is 6. The number of phenols is 1. The summed E-state index contributed by atoms with van der Waals surface area (Å²) < 4.78 is 5.52. The molecular formula is C26H24N2O5S. The van der Waals surface area contributed by atoms with E-state index >= 15 is 0 Å². The first-order valence-corrected chi connectivity index (χ1v) is 12.0. The first-order valence-electron chi connectivity index (χ1n) is 11.2. The van der Waals surface area contributed by atoms with Crippen molar-refractivity contribution in [3.05, 3.63) is 76.5 Å². The lowest BCUT2D eigenvalue weighted by Crippen LogP contribution is -2.53. The Bertz CT molecular complexity index is 1210. The number of amides is 2. The third kappa shape index (κ3) is 4.47. The summed E-state index contributed by atoms with van der Waals surface area (Å²) in [5, 5.41) is 14.4. The minimum absolute atomic E-state index is 0.0194. The molecule has 3 heterocycles. The Balaban J connectivity index is 1.37. The second-order valence-electron chi connectivity index (χ2n) is 8.54. The summed E-state index contributed by atoms with van der Waals surface area (Å²) in [6.07, 6.45) is 0.574. The number of carbonyl (C=O) groups is 3. The number of carbonyl (C=O) groups excluding carboxylic acids is 3. The minimum Gasteiger partial charge on any atom is -0.508 e. The largest absolute Gasteiger partial charge is 0.508 e. The van der Waals surface area contributed by atoms with E-state index in [-0.39, 0.29) is 42.5 Å². The van der Waals surface area contributed by atoms with Crippen molar-refractivity contribution in [3.8, 4) is 16.9 Å². The SMILES string of the molecule is O=C(NC(Cc1ccc(O)cc1)C(=O)N1CCC2OCC(=O)C21)c1cc(-c2ccccc2)cs1. The number of ether oxygens (including phenoxy) is 1. The molecule has 34 heavy (non-hydrogen) atoms. The molecule has 0 aliphatic carbocycles. The van der Waals surface area contributed by atoms with Crippen LogP contribution in [0.2, 0.25) is 0 Å². The van der Waals surface area contributed by atoms with Gasteiger partial charge in [-0.1, -0.05) is 42.5 Å². The van der Waals surface area contributed by atoms with Gasteiger partial charge in [0.05, 0.1) is 11.0 Å². The third-order valence-electron chi connectivity index (χ3n) is 6.31. The number of benzene rings is 2. The molecule has 0 spiro atoms. The number of fused-ring (bicyclic) bond motifs is 1. The van der Waals surface area contributed by atoms with Crippen molar-refractivity contribution in [3.63, 3.8) is 0 Å². The quantitative estimate of drug-likeness (QED) is 0.570. The van der Waals surface area contributed by atoms with Crippen LogP contribution < -0.4 is 5.32 Å². The summed E-state index contributed by atoms with van der Waals surface area (Å²) in [6, 6.07) is 16.7. The number of phenolic OH excluding ortho intramolecular Hbond substituents is 1. The van der Waals surface area contributed by atoms with Crippen molar-refractivity contribution in [2.45, 2.75) is 31.0 Å². The van der Waals surface area contributed by atoms with E-state index in [1.54, 1.807) is 29.2 Å². The summed E-state index contributed by atoms with van der Waals surface area (Å²) in [5.41, 5.74) is 2.74. The zero-order chi connectivity index (χ0) is 23.7. The number of likely N-dealkylation sites (tertiary alicyclic amines) is 1. The lowest BCUT2D eigenvalue weighted by Gasteiger charge is -2.27. The van der Waals surface area contributed by atoms with Crippen LogP contribution in [0, 0.1) is 0 Å². The van der Waals surface area contributed by atoms with Crippen LogP contribution in [-0.4, -0.2) is 58.9 Å². The van der Waals surface area contributed by atoms with Crippen molar-refractivity contribution >= 4 is 28.9 Å². The smallest absolute Gasteiger partial charge is 0.262 e. The second-order valence-corrected chi connectivity index (χ2v) is 9.45. The van der Waals surface area contributed by atoms with E-state index in [0.29, 0.717) is 17.8 Å². The highest BCUT2D eigenvalue weighted by Crippen LogP contribution is 2.29. The molecule has 3 unspecified atom stereocenters. The first-order chi connectivity index (χ1) is 16.5. The number of nitrogens with zero attached hydrogens (tertiary/aromatic N) is 1. The third-order valence-corrected chi connectivity index (χ3v) is 7.23. The highest BCUT2D eigenvalue weighted by Gasteiger charge is 2.48. The maximum Gasteiger partial charge on any atom is 0.262 e. The van der Waals surface area contributed by atoms with Crippen molar-refractivity contribution < 1.29 is 24.2 Å². The topological polar surface area (TPSA) is 95.9 Å². The second kappa shape index (κ2) is 9.40. The monoisotopic (exact) mass is 476 g/mol. The van der Waals surface area contributed by atoms with Gasteiger partial charge in [-0.2, -0.15) is 0 Å². The Morgan fingerprint density at radius 2 is 1.88 bits per heavy atom. The lowest BCUT2D eigenvalue weighted by atomic mass is 10.0. The zero-order valence-electron chi connectivity index (χ0n) is 18.3. The lowest BCUT2D eigenvalue weighted by molar-refractivity contribution is -0.138. The van der Waals surface area contributed by atoms with E-state index in [9.17, 15) is 19.5 Å². The Hall–Kier alpha value is -3.49. The molecule has 2 aliphatic rings. The van der Waals surface area contributed by atoms with Crippen LogP contribution >= 0.6 is 11.3 Å². The van der Waals surface area contributed by atoms with Gasteiger partial charge in [0.25, 0.3) is 5.91 Å². The Morgan fingerprint density at radius 1 is 1.12 bits per heavy atom. The molecule has 3 atom stereocenters. The molecule has 0 radical (unpaired) electrons. The number of Topliss-reactive ketones (excluding diaryl/α,β-unsaturated/α-hetero) is 1. The average molecular weight is 477 g/mol. The van der Waals surface area contributed by atoms with Gasteiger partial charge in [0, 0.05) is 13.0 Å². The molecule has 2 saturated heterocycles. The Kier molecular flexibility index (Phi) is 6.17. The molecule has 2 aliphatic heterocycles. The standard InChI is InChI=1S/C26H24N2O5S/c29-19-8-6-16(7-9-19)12-20(26(32)28-11-10-22-24(28)21(30)14-33-22)27-25(31)23-13-18(15-34-23)17-4-2-1-3-5-17/h1-9,13,15,20,22,24,29H,10-12,14H2,(H,27,31). The molecule has 0 bridgehead atoms. The van der Waals surface area contributed by atoms with Crippen molar-refractivity contribution in [1.29, 1.82) is 0 Å². The summed E-state index contributed by atoms with van der Waals surface area (Å²) in [5.74, 6) is -0.614. The molecule has 5 rings (SSSR count). The fraction of sp³-hybridized carbons (Fsp3) is 0.269. The van der Waals surface area contributed by atoms with Gasteiger partial charge in [-0.15, -0.1) is 11.3 Å². The fourth-order valence-electron chi connectivity index (χ4n) is 4.58.